The molecule has 2 saturated heterocycles. The average Bonchev–Trinajstić information content (AvgIpc) is 2.87. The number of rotatable bonds is 6. The molecule has 0 bridgehead atoms. The second-order valence-electron chi connectivity index (χ2n) is 7.77. The predicted molar refractivity (Wildman–Crippen MR) is 111 cm³/mol. The number of hydrogen-bond donors (Lipinski definition) is 1. The van der Waals surface area contributed by atoms with E-state index in [4.69, 9.17) is 0 Å². The average molecular weight is 436 g/mol. The van der Waals surface area contributed by atoms with Crippen molar-refractivity contribution in [3.05, 3.63) is 0 Å². The van der Waals surface area contributed by atoms with Crippen LogP contribution in [0.25, 0.3) is 0 Å². The fraction of sp³-hybridized carbons (Fsp3) is 0.944. The standard InChI is InChI=1S/C18H36N4.HI/c1-18(2)10-15-22(16-18)17(19-3)20-11-6-4-7-12-21-13-8-5-9-14-21;/h4-16H2,1-3H3,(H,19,20);1H. The SMILES string of the molecule is CN=C(NCCCCCN1CCCCC1)N1CCC(C)(C)C1.I. The van der Waals surface area contributed by atoms with Gasteiger partial charge in [-0.15, -0.1) is 24.0 Å². The van der Waals surface area contributed by atoms with E-state index in [0.717, 1.165) is 25.6 Å². The van der Waals surface area contributed by atoms with Crippen LogP contribution in [0.2, 0.25) is 0 Å². The van der Waals surface area contributed by atoms with E-state index in [1.165, 1.54) is 64.6 Å². The van der Waals surface area contributed by atoms with Gasteiger partial charge in [0.2, 0.25) is 0 Å². The number of nitrogens with one attached hydrogen (secondary N) is 1. The lowest BCUT2D eigenvalue weighted by Gasteiger charge is -2.26. The molecule has 0 amide bonds. The van der Waals surface area contributed by atoms with Crippen LogP contribution < -0.4 is 5.32 Å². The van der Waals surface area contributed by atoms with Gasteiger partial charge in [0, 0.05) is 26.7 Å². The van der Waals surface area contributed by atoms with Crippen molar-refractivity contribution in [2.45, 2.75) is 58.8 Å². The Labute approximate surface area is 160 Å². The Hall–Kier alpha value is -0.0400. The first kappa shape index (κ1) is 21.0. The van der Waals surface area contributed by atoms with Gasteiger partial charge in [-0.3, -0.25) is 4.99 Å². The number of hydrogen-bond acceptors (Lipinski definition) is 2. The summed E-state index contributed by atoms with van der Waals surface area (Å²) >= 11 is 0. The molecule has 2 heterocycles. The van der Waals surface area contributed by atoms with E-state index in [2.05, 4.69) is 34.0 Å². The first-order valence-electron chi connectivity index (χ1n) is 9.29. The number of aliphatic imine (C=N–C) groups is 1. The molecule has 136 valence electrons. The second kappa shape index (κ2) is 10.7. The van der Waals surface area contributed by atoms with E-state index < -0.39 is 0 Å². The zero-order chi connectivity index (χ0) is 15.8. The zero-order valence-electron chi connectivity index (χ0n) is 15.4. The maximum Gasteiger partial charge on any atom is 0.193 e. The molecule has 0 radical (unpaired) electrons. The minimum absolute atomic E-state index is 0. The molecular weight excluding hydrogens is 399 g/mol. The number of piperidine rings is 1. The maximum absolute atomic E-state index is 4.45. The van der Waals surface area contributed by atoms with Crippen LogP contribution in [0, 0.1) is 5.41 Å². The molecule has 23 heavy (non-hydrogen) atoms. The highest BCUT2D eigenvalue weighted by Crippen LogP contribution is 2.28. The molecule has 0 aromatic carbocycles. The van der Waals surface area contributed by atoms with Gasteiger partial charge < -0.3 is 15.1 Å². The highest BCUT2D eigenvalue weighted by Gasteiger charge is 2.30. The van der Waals surface area contributed by atoms with Gasteiger partial charge in [0.25, 0.3) is 0 Å². The van der Waals surface area contributed by atoms with E-state index in [0.29, 0.717) is 5.41 Å². The zero-order valence-corrected chi connectivity index (χ0v) is 17.8. The first-order chi connectivity index (χ1) is 10.6. The summed E-state index contributed by atoms with van der Waals surface area (Å²) in [4.78, 5) is 9.50. The highest BCUT2D eigenvalue weighted by atomic mass is 127. The summed E-state index contributed by atoms with van der Waals surface area (Å²) in [5.41, 5.74) is 0.437. The molecule has 0 aromatic rings. The van der Waals surface area contributed by atoms with Crippen LogP contribution in [-0.4, -0.2) is 62.1 Å². The maximum atomic E-state index is 4.45. The molecule has 0 aromatic heterocycles. The Kier molecular flexibility index (Phi) is 9.82. The Morgan fingerprint density at radius 2 is 1.78 bits per heavy atom. The fourth-order valence-electron chi connectivity index (χ4n) is 3.65. The van der Waals surface area contributed by atoms with Crippen LogP contribution in [0.4, 0.5) is 0 Å². The third-order valence-corrected chi connectivity index (χ3v) is 5.07. The Morgan fingerprint density at radius 3 is 2.39 bits per heavy atom. The van der Waals surface area contributed by atoms with Crippen molar-refractivity contribution in [2.75, 3.05) is 46.3 Å². The van der Waals surface area contributed by atoms with Gasteiger partial charge in [0.05, 0.1) is 0 Å². The lowest BCUT2D eigenvalue weighted by atomic mass is 9.93. The molecule has 0 aliphatic carbocycles. The third kappa shape index (κ3) is 7.59. The largest absolute Gasteiger partial charge is 0.356 e. The van der Waals surface area contributed by atoms with Crippen LogP contribution in [-0.2, 0) is 0 Å². The summed E-state index contributed by atoms with van der Waals surface area (Å²) in [6.07, 6.45) is 9.44. The molecule has 2 rings (SSSR count). The number of likely N-dealkylation sites (tertiary alicyclic amines) is 2. The normalized spacial score (nSPS) is 22.0. The van der Waals surface area contributed by atoms with E-state index in [-0.39, 0.29) is 24.0 Å². The minimum atomic E-state index is 0. The summed E-state index contributed by atoms with van der Waals surface area (Å²) in [6, 6.07) is 0. The molecular formula is C18H37IN4. The molecule has 2 aliphatic rings. The Bertz CT molecular complexity index is 351. The number of nitrogens with zero attached hydrogens (tertiary/aromatic N) is 3. The number of guanidine groups is 1. The van der Waals surface area contributed by atoms with E-state index in [9.17, 15) is 0 Å². The molecule has 0 spiro atoms. The third-order valence-electron chi connectivity index (χ3n) is 5.07. The Balaban J connectivity index is 0.00000264. The smallest absolute Gasteiger partial charge is 0.193 e. The summed E-state index contributed by atoms with van der Waals surface area (Å²) in [7, 11) is 1.91. The first-order valence-corrected chi connectivity index (χ1v) is 9.29. The van der Waals surface area contributed by atoms with Crippen LogP contribution in [0.5, 0.6) is 0 Å². The molecule has 0 atom stereocenters. The molecule has 1 N–H and O–H groups in total. The number of unbranched alkanes of at least 4 members (excludes halogenated alkanes) is 2. The van der Waals surface area contributed by atoms with Crippen molar-refractivity contribution in [2.24, 2.45) is 10.4 Å². The quantitative estimate of drug-likeness (QED) is 0.299. The van der Waals surface area contributed by atoms with E-state index in [1.807, 2.05) is 7.05 Å². The van der Waals surface area contributed by atoms with Crippen molar-refractivity contribution < 1.29 is 0 Å². The Morgan fingerprint density at radius 1 is 1.04 bits per heavy atom. The van der Waals surface area contributed by atoms with E-state index in [1.54, 1.807) is 0 Å². The van der Waals surface area contributed by atoms with E-state index >= 15 is 0 Å². The summed E-state index contributed by atoms with van der Waals surface area (Å²) < 4.78 is 0. The van der Waals surface area contributed by atoms with Gasteiger partial charge in [0.15, 0.2) is 5.96 Å². The summed E-state index contributed by atoms with van der Waals surface area (Å²) in [6.45, 7) is 12.0. The van der Waals surface area contributed by atoms with Crippen molar-refractivity contribution in [1.29, 1.82) is 0 Å². The van der Waals surface area contributed by atoms with Crippen molar-refractivity contribution in [3.8, 4) is 0 Å². The molecule has 2 aliphatic heterocycles. The van der Waals surface area contributed by atoms with Crippen molar-refractivity contribution in [3.63, 3.8) is 0 Å². The van der Waals surface area contributed by atoms with Crippen LogP contribution in [0.1, 0.15) is 58.8 Å². The second-order valence-corrected chi connectivity index (χ2v) is 7.77. The minimum Gasteiger partial charge on any atom is -0.356 e. The van der Waals surface area contributed by atoms with Crippen LogP contribution in [0.15, 0.2) is 4.99 Å². The summed E-state index contributed by atoms with van der Waals surface area (Å²) in [5.74, 6) is 1.10. The fourth-order valence-corrected chi connectivity index (χ4v) is 3.65. The highest BCUT2D eigenvalue weighted by molar-refractivity contribution is 14.0. The van der Waals surface area contributed by atoms with Crippen molar-refractivity contribution >= 4 is 29.9 Å². The van der Waals surface area contributed by atoms with Crippen molar-refractivity contribution in [1.82, 2.24) is 15.1 Å². The monoisotopic (exact) mass is 436 g/mol. The van der Waals surface area contributed by atoms with Gasteiger partial charge >= 0.3 is 0 Å². The molecule has 4 nitrogen and oxygen atoms in total. The molecule has 2 fully saturated rings. The molecule has 0 unspecified atom stereocenters. The van der Waals surface area contributed by atoms with Crippen LogP contribution >= 0.6 is 24.0 Å². The van der Waals surface area contributed by atoms with Gasteiger partial charge in [-0.2, -0.15) is 0 Å². The number of halogens is 1. The van der Waals surface area contributed by atoms with Crippen LogP contribution in [0.3, 0.4) is 0 Å². The molecule has 0 saturated carbocycles. The lowest BCUT2D eigenvalue weighted by molar-refractivity contribution is 0.224. The molecule has 5 heteroatoms. The topological polar surface area (TPSA) is 30.9 Å². The summed E-state index contributed by atoms with van der Waals surface area (Å²) in [5, 5.41) is 3.55. The lowest BCUT2D eigenvalue weighted by Crippen LogP contribution is -2.41. The van der Waals surface area contributed by atoms with Gasteiger partial charge in [-0.1, -0.05) is 26.7 Å². The van der Waals surface area contributed by atoms with Gasteiger partial charge in [0.1, 0.15) is 0 Å². The predicted octanol–water partition coefficient (Wildman–Crippen LogP) is 3.57. The van der Waals surface area contributed by atoms with Gasteiger partial charge in [-0.25, -0.2) is 0 Å². The van der Waals surface area contributed by atoms with Gasteiger partial charge in [-0.05, 0) is 57.2 Å².